The van der Waals surface area contributed by atoms with Gasteiger partial charge in [-0.25, -0.2) is 8.78 Å². The molecule has 1 aromatic rings. The van der Waals surface area contributed by atoms with E-state index in [1.165, 1.54) is 7.05 Å². The molecule has 1 aromatic carbocycles. The number of likely N-dealkylation sites (N-methyl/N-ethyl adjacent to an activating group) is 1. The lowest BCUT2D eigenvalue weighted by Gasteiger charge is -2.19. The molecule has 2 amide bonds. The molecule has 0 saturated carbocycles. The van der Waals surface area contributed by atoms with Crippen molar-refractivity contribution in [2.24, 2.45) is 5.92 Å². The van der Waals surface area contributed by atoms with E-state index in [0.29, 0.717) is 6.42 Å². The maximum Gasteiger partial charge on any atom is 0.254 e. The van der Waals surface area contributed by atoms with Crippen molar-refractivity contribution in [3.8, 4) is 0 Å². The van der Waals surface area contributed by atoms with E-state index in [9.17, 15) is 18.4 Å². The lowest BCUT2D eigenvalue weighted by molar-refractivity contribution is -0.122. The van der Waals surface area contributed by atoms with Crippen LogP contribution in [0.25, 0.3) is 0 Å². The number of amides is 2. The second-order valence-corrected chi connectivity index (χ2v) is 5.37. The summed E-state index contributed by atoms with van der Waals surface area (Å²) in [6, 6.07) is 1.09. The quantitative estimate of drug-likeness (QED) is 0.820. The summed E-state index contributed by atoms with van der Waals surface area (Å²) in [6.45, 7) is 3.77. The molecule has 4 nitrogen and oxygen atoms in total. The summed E-state index contributed by atoms with van der Waals surface area (Å²) < 4.78 is 26.8. The molecular formula is C14H17ClF2N2O2. The number of halogens is 3. The summed E-state index contributed by atoms with van der Waals surface area (Å²) in [5.41, 5.74) is -0.404. The molecule has 0 bridgehead atoms. The zero-order valence-electron chi connectivity index (χ0n) is 12.0. The Morgan fingerprint density at radius 3 is 2.43 bits per heavy atom. The first-order chi connectivity index (χ1) is 9.77. The van der Waals surface area contributed by atoms with E-state index < -0.39 is 34.2 Å². The van der Waals surface area contributed by atoms with Gasteiger partial charge in [-0.2, -0.15) is 0 Å². The van der Waals surface area contributed by atoms with Gasteiger partial charge in [-0.05, 0) is 24.5 Å². The van der Waals surface area contributed by atoms with Crippen molar-refractivity contribution in [1.29, 1.82) is 0 Å². The molecule has 2 N–H and O–H groups in total. The molecule has 1 atom stereocenters. The Kier molecular flexibility index (Phi) is 6.08. The molecule has 116 valence electrons. The molecule has 0 aliphatic heterocycles. The number of hydrogen-bond acceptors (Lipinski definition) is 2. The second-order valence-electron chi connectivity index (χ2n) is 4.99. The minimum absolute atomic E-state index is 0.147. The van der Waals surface area contributed by atoms with Crippen LogP contribution < -0.4 is 10.6 Å². The zero-order valence-corrected chi connectivity index (χ0v) is 12.7. The highest BCUT2D eigenvalue weighted by Gasteiger charge is 2.24. The van der Waals surface area contributed by atoms with Gasteiger partial charge in [-0.1, -0.05) is 25.4 Å². The molecule has 0 aliphatic carbocycles. The Balaban J connectivity index is 2.97. The maximum absolute atomic E-state index is 13.8. The van der Waals surface area contributed by atoms with Gasteiger partial charge in [-0.3, -0.25) is 9.59 Å². The Labute approximate surface area is 126 Å². The van der Waals surface area contributed by atoms with Crippen LogP contribution in [0.15, 0.2) is 12.1 Å². The van der Waals surface area contributed by atoms with Crippen LogP contribution in [-0.2, 0) is 4.79 Å². The second kappa shape index (κ2) is 7.36. The van der Waals surface area contributed by atoms with Crippen molar-refractivity contribution in [3.05, 3.63) is 34.4 Å². The standard InChI is InChI=1S/C14H17ClF2N2O2/c1-7(2)6-10(14(21)18-3)19-13(20)8-4-5-9(16)11(15)12(8)17/h4-5,7,10H,6H2,1-3H3,(H,18,21)(H,19,20)/t10-/m0/s1. The molecule has 0 fully saturated rings. The van der Waals surface area contributed by atoms with E-state index >= 15 is 0 Å². The number of rotatable bonds is 5. The molecule has 21 heavy (non-hydrogen) atoms. The first-order valence-electron chi connectivity index (χ1n) is 6.43. The number of nitrogens with one attached hydrogen (secondary N) is 2. The van der Waals surface area contributed by atoms with Gasteiger partial charge >= 0.3 is 0 Å². The highest BCUT2D eigenvalue weighted by Crippen LogP contribution is 2.22. The first-order valence-corrected chi connectivity index (χ1v) is 6.81. The Bertz CT molecular complexity index is 550. The Hall–Kier alpha value is -1.69. The van der Waals surface area contributed by atoms with Gasteiger partial charge in [0.05, 0.1) is 5.56 Å². The minimum atomic E-state index is -1.14. The lowest BCUT2D eigenvalue weighted by atomic mass is 10.0. The summed E-state index contributed by atoms with van der Waals surface area (Å²) in [5.74, 6) is -3.14. The smallest absolute Gasteiger partial charge is 0.254 e. The third-order valence-corrected chi connectivity index (χ3v) is 3.20. The van der Waals surface area contributed by atoms with Crippen molar-refractivity contribution in [2.75, 3.05) is 7.05 Å². The van der Waals surface area contributed by atoms with Crippen LogP contribution in [-0.4, -0.2) is 24.9 Å². The average Bonchev–Trinajstić information content (AvgIpc) is 2.42. The van der Waals surface area contributed by atoms with Crippen molar-refractivity contribution < 1.29 is 18.4 Å². The van der Waals surface area contributed by atoms with E-state index in [-0.39, 0.29) is 11.8 Å². The summed E-state index contributed by atoms with van der Waals surface area (Å²) in [6.07, 6.45) is 0.391. The van der Waals surface area contributed by atoms with Gasteiger partial charge in [0.1, 0.15) is 16.9 Å². The van der Waals surface area contributed by atoms with Crippen LogP contribution in [0.4, 0.5) is 8.78 Å². The Morgan fingerprint density at radius 1 is 1.29 bits per heavy atom. The zero-order chi connectivity index (χ0) is 16.2. The third-order valence-electron chi connectivity index (χ3n) is 2.86. The molecule has 0 radical (unpaired) electrons. The van der Waals surface area contributed by atoms with Gasteiger partial charge in [0.25, 0.3) is 5.91 Å². The summed E-state index contributed by atoms with van der Waals surface area (Å²) in [4.78, 5) is 23.7. The van der Waals surface area contributed by atoms with Crippen LogP contribution in [0.5, 0.6) is 0 Å². The van der Waals surface area contributed by atoms with Gasteiger partial charge in [-0.15, -0.1) is 0 Å². The largest absolute Gasteiger partial charge is 0.357 e. The summed E-state index contributed by atoms with van der Waals surface area (Å²) in [5, 5.41) is 4.11. The molecule has 1 rings (SSSR count). The van der Waals surface area contributed by atoms with Crippen LogP contribution in [0.1, 0.15) is 30.6 Å². The van der Waals surface area contributed by atoms with Crippen LogP contribution in [0.2, 0.25) is 5.02 Å². The fourth-order valence-corrected chi connectivity index (χ4v) is 1.98. The van der Waals surface area contributed by atoms with Gasteiger partial charge in [0.2, 0.25) is 5.91 Å². The Morgan fingerprint density at radius 2 is 1.90 bits per heavy atom. The van der Waals surface area contributed by atoms with Crippen molar-refractivity contribution in [3.63, 3.8) is 0 Å². The van der Waals surface area contributed by atoms with Crippen molar-refractivity contribution >= 4 is 23.4 Å². The van der Waals surface area contributed by atoms with E-state index in [2.05, 4.69) is 10.6 Å². The highest BCUT2D eigenvalue weighted by atomic mass is 35.5. The predicted octanol–water partition coefficient (Wildman–Crippen LogP) is 2.51. The predicted molar refractivity (Wildman–Crippen MR) is 76.1 cm³/mol. The topological polar surface area (TPSA) is 58.2 Å². The highest BCUT2D eigenvalue weighted by molar-refractivity contribution is 6.31. The van der Waals surface area contributed by atoms with E-state index in [1.807, 2.05) is 13.8 Å². The fraction of sp³-hybridized carbons (Fsp3) is 0.429. The fourth-order valence-electron chi connectivity index (χ4n) is 1.81. The minimum Gasteiger partial charge on any atom is -0.357 e. The normalized spacial score (nSPS) is 12.1. The number of benzene rings is 1. The number of carbonyl (C=O) groups is 2. The van der Waals surface area contributed by atoms with Crippen molar-refractivity contribution in [2.45, 2.75) is 26.3 Å². The molecule has 0 aromatic heterocycles. The van der Waals surface area contributed by atoms with Gasteiger partial charge in [0, 0.05) is 7.05 Å². The van der Waals surface area contributed by atoms with Crippen molar-refractivity contribution in [1.82, 2.24) is 10.6 Å². The molecule has 0 saturated heterocycles. The van der Waals surface area contributed by atoms with Crippen LogP contribution in [0.3, 0.4) is 0 Å². The van der Waals surface area contributed by atoms with Crippen LogP contribution >= 0.6 is 11.6 Å². The summed E-state index contributed by atoms with van der Waals surface area (Å²) in [7, 11) is 1.44. The molecule has 7 heteroatoms. The summed E-state index contributed by atoms with van der Waals surface area (Å²) >= 11 is 5.43. The third kappa shape index (κ3) is 4.39. The van der Waals surface area contributed by atoms with Gasteiger partial charge < -0.3 is 10.6 Å². The molecule has 0 heterocycles. The molecule has 0 spiro atoms. The van der Waals surface area contributed by atoms with E-state index in [1.54, 1.807) is 0 Å². The SMILES string of the molecule is CNC(=O)[C@H](CC(C)C)NC(=O)c1ccc(F)c(Cl)c1F. The average molecular weight is 319 g/mol. The molecule has 0 unspecified atom stereocenters. The van der Waals surface area contributed by atoms with E-state index in [4.69, 9.17) is 11.6 Å². The van der Waals surface area contributed by atoms with E-state index in [0.717, 1.165) is 12.1 Å². The lowest BCUT2D eigenvalue weighted by Crippen LogP contribution is -2.46. The molecule has 0 aliphatic rings. The van der Waals surface area contributed by atoms with Gasteiger partial charge in [0.15, 0.2) is 5.82 Å². The first kappa shape index (κ1) is 17.4. The number of carbonyl (C=O) groups excluding carboxylic acids is 2. The maximum atomic E-state index is 13.8. The van der Waals surface area contributed by atoms with Crippen LogP contribution in [0, 0.1) is 17.6 Å². The monoisotopic (exact) mass is 318 g/mol. The number of hydrogen-bond donors (Lipinski definition) is 2. The molecular weight excluding hydrogens is 302 g/mol.